The average molecular weight is 432 g/mol. The molecule has 1 aromatic heterocycles. The number of nitrogens with one attached hydrogen (secondary N) is 3. The molecule has 0 fully saturated rings. The Kier molecular flexibility index (Phi) is 7.11. The number of aliphatic imine (C=N–C) groups is 1. The van der Waals surface area contributed by atoms with Crippen molar-refractivity contribution in [2.75, 3.05) is 13.7 Å². The topological polar surface area (TPSA) is 87.2 Å². The molecule has 0 atom stereocenters. The van der Waals surface area contributed by atoms with Crippen LogP contribution in [0.4, 0.5) is 13.2 Å². The van der Waals surface area contributed by atoms with Gasteiger partial charge in [-0.2, -0.15) is 18.3 Å². The molecule has 0 spiro atoms. The summed E-state index contributed by atoms with van der Waals surface area (Å²) in [7, 11) is 1.60. The zero-order chi connectivity index (χ0) is 22.3. The van der Waals surface area contributed by atoms with E-state index in [0.717, 1.165) is 23.4 Å². The zero-order valence-corrected chi connectivity index (χ0v) is 17.1. The number of rotatable bonds is 7. The van der Waals surface area contributed by atoms with E-state index in [1.807, 2.05) is 31.2 Å². The van der Waals surface area contributed by atoms with Crippen molar-refractivity contribution >= 4 is 5.96 Å². The van der Waals surface area contributed by atoms with E-state index < -0.39 is 11.7 Å². The van der Waals surface area contributed by atoms with Crippen molar-refractivity contribution in [3.8, 4) is 17.1 Å². The normalized spacial score (nSPS) is 12.0. The smallest absolute Gasteiger partial charge is 0.416 e. The van der Waals surface area contributed by atoms with Crippen molar-refractivity contribution in [1.82, 2.24) is 25.8 Å². The number of aromatic nitrogens is 3. The predicted octanol–water partition coefficient (Wildman–Crippen LogP) is 3.75. The molecule has 31 heavy (non-hydrogen) atoms. The van der Waals surface area contributed by atoms with Gasteiger partial charge in [0.15, 0.2) is 11.8 Å². The van der Waals surface area contributed by atoms with Gasteiger partial charge >= 0.3 is 6.18 Å². The van der Waals surface area contributed by atoms with Crippen LogP contribution in [0, 0.1) is 0 Å². The third-order valence-electron chi connectivity index (χ3n) is 4.35. The van der Waals surface area contributed by atoms with Crippen LogP contribution in [0.1, 0.15) is 23.9 Å². The summed E-state index contributed by atoms with van der Waals surface area (Å²) in [6.07, 6.45) is -4.35. The third-order valence-corrected chi connectivity index (χ3v) is 4.35. The Morgan fingerprint density at radius 2 is 1.77 bits per heavy atom. The molecule has 0 saturated heterocycles. The van der Waals surface area contributed by atoms with E-state index in [2.05, 4.69) is 30.8 Å². The molecule has 0 aliphatic heterocycles. The molecule has 3 aromatic rings. The number of hydrogen-bond donors (Lipinski definition) is 3. The highest BCUT2D eigenvalue weighted by Crippen LogP contribution is 2.29. The summed E-state index contributed by atoms with van der Waals surface area (Å²) in [6.45, 7) is 3.14. The monoisotopic (exact) mass is 432 g/mol. The molecule has 2 aromatic carbocycles. The van der Waals surface area contributed by atoms with Crippen LogP contribution in [-0.2, 0) is 19.3 Å². The van der Waals surface area contributed by atoms with Crippen molar-refractivity contribution in [3.63, 3.8) is 0 Å². The second-order valence-corrected chi connectivity index (χ2v) is 6.58. The number of methoxy groups -OCH3 is 1. The van der Waals surface area contributed by atoms with Crippen LogP contribution in [0.3, 0.4) is 0 Å². The van der Waals surface area contributed by atoms with Gasteiger partial charge in [0, 0.05) is 12.1 Å². The van der Waals surface area contributed by atoms with Crippen LogP contribution >= 0.6 is 0 Å². The number of alkyl halides is 3. The van der Waals surface area contributed by atoms with Gasteiger partial charge in [0.2, 0.25) is 0 Å². The molecule has 0 bridgehead atoms. The fourth-order valence-corrected chi connectivity index (χ4v) is 2.72. The molecule has 7 nitrogen and oxygen atoms in total. The van der Waals surface area contributed by atoms with Gasteiger partial charge in [0.1, 0.15) is 11.6 Å². The number of aromatic amines is 1. The van der Waals surface area contributed by atoms with E-state index in [-0.39, 0.29) is 6.54 Å². The first-order valence-electron chi connectivity index (χ1n) is 9.63. The predicted molar refractivity (Wildman–Crippen MR) is 111 cm³/mol. The summed E-state index contributed by atoms with van der Waals surface area (Å²) in [5.41, 5.74) is 0.848. The maximum Gasteiger partial charge on any atom is 0.416 e. The molecule has 0 amide bonds. The van der Waals surface area contributed by atoms with Crippen LogP contribution in [0.15, 0.2) is 53.5 Å². The van der Waals surface area contributed by atoms with Gasteiger partial charge in [0.25, 0.3) is 0 Å². The minimum absolute atomic E-state index is 0.237. The second-order valence-electron chi connectivity index (χ2n) is 6.58. The molecule has 0 unspecified atom stereocenters. The van der Waals surface area contributed by atoms with Crippen molar-refractivity contribution in [2.45, 2.75) is 26.2 Å². The van der Waals surface area contributed by atoms with Crippen molar-refractivity contribution in [1.29, 1.82) is 0 Å². The number of nitrogens with zero attached hydrogens (tertiary/aromatic N) is 3. The minimum atomic E-state index is -4.35. The van der Waals surface area contributed by atoms with Gasteiger partial charge in [-0.3, -0.25) is 5.10 Å². The molecule has 0 saturated carbocycles. The first kappa shape index (κ1) is 22.1. The molecule has 0 aliphatic rings. The number of ether oxygens (including phenoxy) is 1. The number of benzene rings is 2. The Morgan fingerprint density at radius 3 is 2.39 bits per heavy atom. The Hall–Kier alpha value is -3.56. The lowest BCUT2D eigenvalue weighted by Gasteiger charge is -2.10. The van der Waals surface area contributed by atoms with E-state index >= 15 is 0 Å². The maximum atomic E-state index is 12.7. The van der Waals surface area contributed by atoms with Crippen molar-refractivity contribution < 1.29 is 17.9 Å². The van der Waals surface area contributed by atoms with Crippen molar-refractivity contribution in [2.24, 2.45) is 4.99 Å². The Bertz CT molecular complexity index is 997. The van der Waals surface area contributed by atoms with Crippen LogP contribution in [0.5, 0.6) is 5.75 Å². The fourth-order valence-electron chi connectivity index (χ4n) is 2.72. The summed E-state index contributed by atoms with van der Waals surface area (Å²) >= 11 is 0. The standard InChI is InChI=1S/C21H23F3N6O/c1-3-25-20(26-12-14-4-8-16(9-5-14)21(22,23)24)27-13-18-28-19(30-29-18)15-6-10-17(31-2)11-7-15/h4-11H,3,12-13H2,1-2H3,(H2,25,26,27)(H,28,29,30). The molecular formula is C21H23F3N6O. The fraction of sp³-hybridized carbons (Fsp3) is 0.286. The van der Waals surface area contributed by atoms with Crippen LogP contribution in [0.2, 0.25) is 0 Å². The summed E-state index contributed by atoms with van der Waals surface area (Å²) in [5, 5.41) is 13.3. The molecule has 3 rings (SSSR count). The van der Waals surface area contributed by atoms with E-state index in [1.165, 1.54) is 12.1 Å². The molecule has 3 N–H and O–H groups in total. The Labute approximate surface area is 177 Å². The molecular weight excluding hydrogens is 409 g/mol. The summed E-state index contributed by atoms with van der Waals surface area (Å²) in [5.74, 6) is 2.45. The highest BCUT2D eigenvalue weighted by molar-refractivity contribution is 5.79. The van der Waals surface area contributed by atoms with Gasteiger partial charge in [-0.15, -0.1) is 0 Å². The number of halogens is 3. The lowest BCUT2D eigenvalue weighted by molar-refractivity contribution is -0.137. The maximum absolute atomic E-state index is 12.7. The number of H-pyrrole nitrogens is 1. The Morgan fingerprint density at radius 1 is 1.06 bits per heavy atom. The largest absolute Gasteiger partial charge is 0.497 e. The quantitative estimate of drug-likeness (QED) is 0.391. The van der Waals surface area contributed by atoms with Crippen molar-refractivity contribution in [3.05, 3.63) is 65.5 Å². The summed E-state index contributed by atoms with van der Waals surface area (Å²) in [4.78, 5) is 8.87. The van der Waals surface area contributed by atoms with Gasteiger partial charge in [-0.1, -0.05) is 12.1 Å². The zero-order valence-electron chi connectivity index (χ0n) is 17.1. The molecule has 164 valence electrons. The average Bonchev–Trinajstić information content (AvgIpc) is 3.24. The second kappa shape index (κ2) is 9.96. The molecule has 1 heterocycles. The third kappa shape index (κ3) is 6.21. The van der Waals surface area contributed by atoms with Crippen LogP contribution in [0.25, 0.3) is 11.4 Å². The van der Waals surface area contributed by atoms with E-state index in [1.54, 1.807) is 7.11 Å². The first-order chi connectivity index (χ1) is 14.9. The summed E-state index contributed by atoms with van der Waals surface area (Å²) < 4.78 is 43.2. The Balaban J connectivity index is 1.60. The number of hydrogen-bond acceptors (Lipinski definition) is 4. The highest BCUT2D eigenvalue weighted by atomic mass is 19.4. The van der Waals surface area contributed by atoms with E-state index in [0.29, 0.717) is 36.3 Å². The van der Waals surface area contributed by atoms with Gasteiger partial charge < -0.3 is 15.4 Å². The van der Waals surface area contributed by atoms with E-state index in [4.69, 9.17) is 4.74 Å². The van der Waals surface area contributed by atoms with E-state index in [9.17, 15) is 13.2 Å². The first-order valence-corrected chi connectivity index (χ1v) is 9.63. The van der Waals surface area contributed by atoms with Gasteiger partial charge in [-0.05, 0) is 48.9 Å². The number of guanidine groups is 1. The lowest BCUT2D eigenvalue weighted by Crippen LogP contribution is -2.37. The van der Waals surface area contributed by atoms with Crippen LogP contribution < -0.4 is 15.4 Å². The highest BCUT2D eigenvalue weighted by Gasteiger charge is 2.29. The van der Waals surface area contributed by atoms with Crippen LogP contribution in [-0.4, -0.2) is 34.8 Å². The molecule has 0 radical (unpaired) electrons. The minimum Gasteiger partial charge on any atom is -0.497 e. The van der Waals surface area contributed by atoms with Gasteiger partial charge in [-0.25, -0.2) is 9.98 Å². The lowest BCUT2D eigenvalue weighted by atomic mass is 10.1. The summed E-state index contributed by atoms with van der Waals surface area (Å²) in [6, 6.07) is 12.4. The SMILES string of the molecule is CCNC(=NCc1ccc(C(F)(F)F)cc1)NCc1nc(-c2ccc(OC)cc2)n[nH]1. The van der Waals surface area contributed by atoms with Gasteiger partial charge in [0.05, 0.1) is 25.8 Å². The molecule has 10 heteroatoms. The molecule has 0 aliphatic carbocycles.